The summed E-state index contributed by atoms with van der Waals surface area (Å²) in [6, 6.07) is 13.5. The van der Waals surface area contributed by atoms with Crippen LogP contribution < -0.4 is 4.74 Å². The van der Waals surface area contributed by atoms with Crippen molar-refractivity contribution in [1.29, 1.82) is 0 Å². The van der Waals surface area contributed by atoms with Crippen LogP contribution in [0.5, 0.6) is 5.75 Å². The highest BCUT2D eigenvalue weighted by Crippen LogP contribution is 2.40. The first kappa shape index (κ1) is 16.8. The van der Waals surface area contributed by atoms with Crippen molar-refractivity contribution in [2.45, 2.75) is 31.1 Å². The van der Waals surface area contributed by atoms with Crippen LogP contribution in [0, 0.1) is 6.92 Å². The molecule has 3 rings (SSSR count). The summed E-state index contributed by atoms with van der Waals surface area (Å²) in [5.74, 6) is 0.899. The molecule has 0 aromatic heterocycles. The molecule has 1 aliphatic rings. The molecule has 0 amide bonds. The molecule has 126 valence electrons. The quantitative estimate of drug-likeness (QED) is 0.821. The maximum atomic E-state index is 11.6. The van der Waals surface area contributed by atoms with Crippen molar-refractivity contribution in [1.82, 2.24) is 0 Å². The van der Waals surface area contributed by atoms with Gasteiger partial charge in [-0.15, -0.1) is 0 Å². The average Bonchev–Trinajstić information content (AvgIpc) is 3.03. The van der Waals surface area contributed by atoms with Gasteiger partial charge in [0.2, 0.25) is 0 Å². The zero-order valence-electron chi connectivity index (χ0n) is 14.3. The van der Waals surface area contributed by atoms with Crippen LogP contribution in [-0.2, 0) is 9.84 Å². The molecule has 0 saturated heterocycles. The van der Waals surface area contributed by atoms with Crippen molar-refractivity contribution < 1.29 is 13.2 Å². The van der Waals surface area contributed by atoms with Crippen LogP contribution in [0.25, 0.3) is 11.1 Å². The summed E-state index contributed by atoms with van der Waals surface area (Å²) in [5.41, 5.74) is 6.14. The van der Waals surface area contributed by atoms with Crippen molar-refractivity contribution in [3.63, 3.8) is 0 Å². The van der Waals surface area contributed by atoms with E-state index < -0.39 is 9.84 Å². The van der Waals surface area contributed by atoms with Crippen LogP contribution in [-0.4, -0.2) is 21.8 Å². The molecule has 0 spiro atoms. The summed E-state index contributed by atoms with van der Waals surface area (Å²) in [6.45, 7) is 2.05. The lowest BCUT2D eigenvalue weighted by molar-refractivity contribution is 0.411. The minimum atomic E-state index is -3.15. The van der Waals surface area contributed by atoms with Crippen LogP contribution in [0.15, 0.2) is 47.4 Å². The number of hydrogen-bond acceptors (Lipinski definition) is 3. The maximum Gasteiger partial charge on any atom is 0.175 e. The fourth-order valence-electron chi connectivity index (χ4n) is 3.35. The zero-order valence-corrected chi connectivity index (χ0v) is 15.1. The standard InChI is InChI=1S/C20H22O3S/c1-14-13-16(9-12-20(14)23-2)19-6-4-5-18(19)15-7-10-17(11-8-15)24(3,21)22/h7-13H,4-6H2,1-3H3. The van der Waals surface area contributed by atoms with Crippen LogP contribution in [0.4, 0.5) is 0 Å². The summed E-state index contributed by atoms with van der Waals surface area (Å²) in [4.78, 5) is 0.367. The van der Waals surface area contributed by atoms with Crippen LogP contribution in [0.1, 0.15) is 36.0 Å². The number of sulfone groups is 1. The lowest BCUT2D eigenvalue weighted by atomic mass is 9.96. The smallest absolute Gasteiger partial charge is 0.175 e. The number of aryl methyl sites for hydroxylation is 1. The number of benzene rings is 2. The number of rotatable bonds is 4. The number of methoxy groups -OCH3 is 1. The van der Waals surface area contributed by atoms with Gasteiger partial charge in [-0.1, -0.05) is 18.2 Å². The molecule has 0 unspecified atom stereocenters. The van der Waals surface area contributed by atoms with Gasteiger partial charge in [-0.25, -0.2) is 8.42 Å². The van der Waals surface area contributed by atoms with Crippen LogP contribution in [0.3, 0.4) is 0 Å². The Bertz CT molecular complexity index is 891. The topological polar surface area (TPSA) is 43.4 Å². The van der Waals surface area contributed by atoms with Crippen molar-refractivity contribution >= 4 is 21.0 Å². The lowest BCUT2D eigenvalue weighted by Crippen LogP contribution is -1.97. The highest BCUT2D eigenvalue weighted by molar-refractivity contribution is 7.90. The molecule has 0 aliphatic heterocycles. The van der Waals surface area contributed by atoms with Crippen molar-refractivity contribution in [3.05, 3.63) is 59.2 Å². The monoisotopic (exact) mass is 342 g/mol. The molecule has 3 nitrogen and oxygen atoms in total. The van der Waals surface area contributed by atoms with E-state index in [2.05, 4.69) is 19.1 Å². The summed E-state index contributed by atoms with van der Waals surface area (Å²) in [7, 11) is -1.47. The molecule has 0 saturated carbocycles. The molecule has 0 atom stereocenters. The van der Waals surface area contributed by atoms with E-state index in [0.717, 1.165) is 36.1 Å². The Balaban J connectivity index is 2.02. The zero-order chi connectivity index (χ0) is 17.3. The summed E-state index contributed by atoms with van der Waals surface area (Å²) in [5, 5.41) is 0. The van der Waals surface area contributed by atoms with Gasteiger partial charge in [0.25, 0.3) is 0 Å². The predicted molar refractivity (Wildman–Crippen MR) is 97.9 cm³/mol. The average molecular weight is 342 g/mol. The molecule has 0 bridgehead atoms. The van der Waals surface area contributed by atoms with Crippen molar-refractivity contribution in [3.8, 4) is 5.75 Å². The van der Waals surface area contributed by atoms with Gasteiger partial charge in [-0.05, 0) is 78.3 Å². The predicted octanol–water partition coefficient (Wildman–Crippen LogP) is 4.50. The Labute approximate surface area is 143 Å². The number of ether oxygens (including phenoxy) is 1. The van der Waals surface area contributed by atoms with Gasteiger partial charge in [0.1, 0.15) is 5.75 Å². The van der Waals surface area contributed by atoms with E-state index in [-0.39, 0.29) is 0 Å². The number of allylic oxidation sites excluding steroid dienone is 2. The van der Waals surface area contributed by atoms with E-state index in [0.29, 0.717) is 4.90 Å². The second kappa shape index (κ2) is 6.44. The fourth-order valence-corrected chi connectivity index (χ4v) is 3.98. The van der Waals surface area contributed by atoms with Crippen LogP contribution in [0.2, 0.25) is 0 Å². The minimum Gasteiger partial charge on any atom is -0.496 e. The van der Waals surface area contributed by atoms with Gasteiger partial charge in [-0.3, -0.25) is 0 Å². The third-order valence-electron chi connectivity index (χ3n) is 4.59. The van der Waals surface area contributed by atoms with Crippen molar-refractivity contribution in [2.24, 2.45) is 0 Å². The normalized spacial score (nSPS) is 15.0. The summed E-state index contributed by atoms with van der Waals surface area (Å²) < 4.78 is 28.6. The number of hydrogen-bond donors (Lipinski definition) is 0. The second-order valence-corrected chi connectivity index (χ2v) is 8.31. The highest BCUT2D eigenvalue weighted by atomic mass is 32.2. The Morgan fingerprint density at radius 2 is 1.50 bits per heavy atom. The molecule has 0 N–H and O–H groups in total. The first-order valence-electron chi connectivity index (χ1n) is 8.07. The van der Waals surface area contributed by atoms with E-state index in [1.54, 1.807) is 19.2 Å². The molecule has 24 heavy (non-hydrogen) atoms. The molecule has 2 aromatic carbocycles. The molecule has 4 heteroatoms. The van der Waals surface area contributed by atoms with E-state index >= 15 is 0 Å². The third-order valence-corrected chi connectivity index (χ3v) is 5.72. The van der Waals surface area contributed by atoms with Gasteiger partial charge in [0.05, 0.1) is 12.0 Å². The fraction of sp³-hybridized carbons (Fsp3) is 0.300. The van der Waals surface area contributed by atoms with Crippen molar-refractivity contribution in [2.75, 3.05) is 13.4 Å². The van der Waals surface area contributed by atoms with Gasteiger partial charge in [-0.2, -0.15) is 0 Å². The van der Waals surface area contributed by atoms with Gasteiger partial charge >= 0.3 is 0 Å². The van der Waals surface area contributed by atoms with Gasteiger partial charge in [0, 0.05) is 6.26 Å². The largest absolute Gasteiger partial charge is 0.496 e. The maximum absolute atomic E-state index is 11.6. The molecular formula is C20H22O3S. The van der Waals surface area contributed by atoms with Gasteiger partial charge in [0.15, 0.2) is 9.84 Å². The lowest BCUT2D eigenvalue weighted by Gasteiger charge is -2.12. The van der Waals surface area contributed by atoms with E-state index in [9.17, 15) is 8.42 Å². The summed E-state index contributed by atoms with van der Waals surface area (Å²) >= 11 is 0. The van der Waals surface area contributed by atoms with E-state index in [1.807, 2.05) is 18.2 Å². The Morgan fingerprint density at radius 1 is 0.917 bits per heavy atom. The Morgan fingerprint density at radius 3 is 2.04 bits per heavy atom. The van der Waals surface area contributed by atoms with Crippen LogP contribution >= 0.6 is 0 Å². The SMILES string of the molecule is COc1ccc(C2=C(c3ccc(S(C)(=O)=O)cc3)CCC2)cc1C. The van der Waals surface area contributed by atoms with E-state index in [1.165, 1.54) is 23.0 Å². The van der Waals surface area contributed by atoms with E-state index in [4.69, 9.17) is 4.74 Å². The molecule has 1 aliphatic carbocycles. The second-order valence-electron chi connectivity index (χ2n) is 6.29. The first-order chi connectivity index (χ1) is 11.4. The molecule has 0 radical (unpaired) electrons. The third kappa shape index (κ3) is 3.24. The minimum absolute atomic E-state index is 0.367. The molecule has 0 fully saturated rings. The Kier molecular flexibility index (Phi) is 4.50. The molecular weight excluding hydrogens is 320 g/mol. The highest BCUT2D eigenvalue weighted by Gasteiger charge is 2.19. The molecule has 0 heterocycles. The Hall–Kier alpha value is -2.07. The summed E-state index contributed by atoms with van der Waals surface area (Å²) in [6.07, 6.45) is 4.44. The molecule has 2 aromatic rings. The van der Waals surface area contributed by atoms with Gasteiger partial charge < -0.3 is 4.74 Å². The first-order valence-corrected chi connectivity index (χ1v) is 9.97.